The highest BCUT2D eigenvalue weighted by Gasteiger charge is 2.36. The second kappa shape index (κ2) is 8.11. The molecule has 0 aromatic heterocycles. The Morgan fingerprint density at radius 2 is 1.89 bits per heavy atom. The van der Waals surface area contributed by atoms with E-state index >= 15 is 0 Å². The maximum absolute atomic E-state index is 12.8. The lowest BCUT2D eigenvalue weighted by Gasteiger charge is -2.26. The molecule has 6 nitrogen and oxygen atoms in total. The maximum atomic E-state index is 12.8. The average molecular weight is 439 g/mol. The third-order valence-electron chi connectivity index (χ3n) is 3.97. The molecule has 1 aliphatic heterocycles. The van der Waals surface area contributed by atoms with Gasteiger partial charge in [0.25, 0.3) is 11.8 Å². The smallest absolute Gasteiger partial charge is 0.335 e. The highest BCUT2D eigenvalue weighted by Crippen LogP contribution is 2.28. The minimum Gasteiger partial charge on any atom is -0.480 e. The molecule has 1 fully saturated rings. The van der Waals surface area contributed by atoms with E-state index in [4.69, 9.17) is 11.2 Å². The van der Waals surface area contributed by atoms with Crippen LogP contribution in [0, 0.1) is 19.3 Å². The third-order valence-corrected chi connectivity index (χ3v) is 4.59. The topological polar surface area (TPSA) is 75.7 Å². The SMILES string of the molecule is C#CCOc1ccc(C=C2C(=O)NC(=O)N(c3ccc(C)cc3)C2=O)cc1Br. The number of imide groups is 2. The summed E-state index contributed by atoms with van der Waals surface area (Å²) >= 11 is 3.36. The second-order valence-corrected chi connectivity index (χ2v) is 6.83. The molecule has 0 radical (unpaired) electrons. The molecule has 1 N–H and O–H groups in total. The van der Waals surface area contributed by atoms with Crippen LogP contribution in [-0.2, 0) is 9.59 Å². The molecule has 3 rings (SSSR count). The molecule has 0 spiro atoms. The summed E-state index contributed by atoms with van der Waals surface area (Å²) in [7, 11) is 0. The first-order valence-corrected chi connectivity index (χ1v) is 9.04. The van der Waals surface area contributed by atoms with Gasteiger partial charge in [0.1, 0.15) is 17.9 Å². The fourth-order valence-corrected chi connectivity index (χ4v) is 3.11. The van der Waals surface area contributed by atoms with Crippen molar-refractivity contribution < 1.29 is 19.1 Å². The van der Waals surface area contributed by atoms with Crippen LogP contribution in [0.4, 0.5) is 10.5 Å². The minimum absolute atomic E-state index is 0.119. The standard InChI is InChI=1S/C21H15BrN2O4/c1-3-10-28-18-9-6-14(12-17(18)22)11-16-19(25)23-21(27)24(20(16)26)15-7-4-13(2)5-8-15/h1,4-9,11-12H,10H2,2H3,(H,23,25,27). The van der Waals surface area contributed by atoms with Gasteiger partial charge in [-0.25, -0.2) is 9.69 Å². The first kappa shape index (κ1) is 19.4. The summed E-state index contributed by atoms with van der Waals surface area (Å²) in [5.41, 5.74) is 1.80. The Morgan fingerprint density at radius 3 is 2.54 bits per heavy atom. The zero-order chi connectivity index (χ0) is 20.3. The van der Waals surface area contributed by atoms with E-state index in [1.165, 1.54) is 6.08 Å². The van der Waals surface area contributed by atoms with Gasteiger partial charge in [0.15, 0.2) is 0 Å². The second-order valence-electron chi connectivity index (χ2n) is 5.98. The van der Waals surface area contributed by atoms with E-state index in [1.807, 2.05) is 6.92 Å². The monoisotopic (exact) mass is 438 g/mol. The molecule has 0 unspecified atom stereocenters. The Labute approximate surface area is 170 Å². The van der Waals surface area contributed by atoms with Crippen molar-refractivity contribution >= 4 is 45.5 Å². The zero-order valence-electron chi connectivity index (χ0n) is 14.9. The molecule has 2 aromatic carbocycles. The van der Waals surface area contributed by atoms with Crippen LogP contribution < -0.4 is 15.0 Å². The van der Waals surface area contributed by atoms with Crippen LogP contribution >= 0.6 is 15.9 Å². The van der Waals surface area contributed by atoms with Crippen molar-refractivity contribution in [1.82, 2.24) is 5.32 Å². The van der Waals surface area contributed by atoms with Gasteiger partial charge in [0, 0.05) is 0 Å². The number of carbonyl (C=O) groups excluding carboxylic acids is 3. The number of hydrogen-bond donors (Lipinski definition) is 1. The van der Waals surface area contributed by atoms with Crippen LogP contribution in [0.1, 0.15) is 11.1 Å². The van der Waals surface area contributed by atoms with Crippen molar-refractivity contribution in [2.24, 2.45) is 0 Å². The number of barbiturate groups is 1. The summed E-state index contributed by atoms with van der Waals surface area (Å²) in [6, 6.07) is 11.1. The molecule has 0 aliphatic carbocycles. The van der Waals surface area contributed by atoms with Crippen molar-refractivity contribution in [3.8, 4) is 18.1 Å². The molecule has 0 atom stereocenters. The number of anilines is 1. The van der Waals surface area contributed by atoms with Gasteiger partial charge in [-0.1, -0.05) is 29.7 Å². The number of benzene rings is 2. The Kier molecular flexibility index (Phi) is 5.62. The molecule has 7 heteroatoms. The molecular weight excluding hydrogens is 424 g/mol. The third kappa shape index (κ3) is 3.97. The molecule has 140 valence electrons. The van der Waals surface area contributed by atoms with Gasteiger partial charge in [0.05, 0.1) is 10.2 Å². The number of aryl methyl sites for hydroxylation is 1. The molecule has 1 aliphatic rings. The first-order valence-electron chi connectivity index (χ1n) is 8.24. The molecule has 0 saturated carbocycles. The van der Waals surface area contributed by atoms with Gasteiger partial charge < -0.3 is 4.74 Å². The summed E-state index contributed by atoms with van der Waals surface area (Å²) in [4.78, 5) is 38.2. The van der Waals surface area contributed by atoms with E-state index in [9.17, 15) is 14.4 Å². The quantitative estimate of drug-likeness (QED) is 0.450. The summed E-state index contributed by atoms with van der Waals surface area (Å²) in [6.07, 6.45) is 6.59. The Hall–Kier alpha value is -3.37. The summed E-state index contributed by atoms with van der Waals surface area (Å²) in [6.45, 7) is 2.01. The highest BCUT2D eigenvalue weighted by molar-refractivity contribution is 9.10. The molecular formula is C21H15BrN2O4. The molecule has 2 aromatic rings. The van der Waals surface area contributed by atoms with E-state index in [-0.39, 0.29) is 12.2 Å². The lowest BCUT2D eigenvalue weighted by Crippen LogP contribution is -2.54. The van der Waals surface area contributed by atoms with Gasteiger partial charge >= 0.3 is 6.03 Å². The number of terminal acetylenes is 1. The van der Waals surface area contributed by atoms with Gasteiger partial charge in [-0.2, -0.15) is 0 Å². The normalized spacial score (nSPS) is 15.4. The molecule has 1 saturated heterocycles. The Balaban J connectivity index is 1.94. The van der Waals surface area contributed by atoms with Crippen LogP contribution in [0.2, 0.25) is 0 Å². The predicted molar refractivity (Wildman–Crippen MR) is 109 cm³/mol. The van der Waals surface area contributed by atoms with Gasteiger partial charge in [-0.3, -0.25) is 14.9 Å². The number of hydrogen-bond acceptors (Lipinski definition) is 4. The summed E-state index contributed by atoms with van der Waals surface area (Å²) < 4.78 is 5.99. The minimum atomic E-state index is -0.782. The van der Waals surface area contributed by atoms with Crippen LogP contribution in [0.15, 0.2) is 52.5 Å². The van der Waals surface area contributed by atoms with E-state index in [0.29, 0.717) is 21.5 Å². The first-order chi connectivity index (χ1) is 13.4. The Bertz CT molecular complexity index is 1040. The van der Waals surface area contributed by atoms with Crippen LogP contribution in [0.25, 0.3) is 6.08 Å². The van der Waals surface area contributed by atoms with Gasteiger partial charge in [-0.15, -0.1) is 6.42 Å². The lowest BCUT2D eigenvalue weighted by atomic mass is 10.1. The van der Waals surface area contributed by atoms with E-state index in [1.54, 1.807) is 42.5 Å². The van der Waals surface area contributed by atoms with Crippen molar-refractivity contribution in [1.29, 1.82) is 0 Å². The maximum Gasteiger partial charge on any atom is 0.335 e. The van der Waals surface area contributed by atoms with E-state index < -0.39 is 17.8 Å². The zero-order valence-corrected chi connectivity index (χ0v) is 16.4. The molecule has 4 amide bonds. The largest absolute Gasteiger partial charge is 0.480 e. The average Bonchev–Trinajstić information content (AvgIpc) is 2.66. The highest BCUT2D eigenvalue weighted by atomic mass is 79.9. The fraction of sp³-hybridized carbons (Fsp3) is 0.0952. The number of rotatable bonds is 4. The van der Waals surface area contributed by atoms with Gasteiger partial charge in [-0.05, 0) is 58.8 Å². The molecule has 1 heterocycles. The van der Waals surface area contributed by atoms with Crippen LogP contribution in [0.5, 0.6) is 5.75 Å². The molecule has 0 bridgehead atoms. The summed E-state index contributed by atoms with van der Waals surface area (Å²) in [5.74, 6) is 1.47. The number of nitrogens with zero attached hydrogens (tertiary/aromatic N) is 1. The fourth-order valence-electron chi connectivity index (χ4n) is 2.60. The van der Waals surface area contributed by atoms with Crippen molar-refractivity contribution in [2.45, 2.75) is 6.92 Å². The van der Waals surface area contributed by atoms with Crippen molar-refractivity contribution in [3.05, 3.63) is 63.6 Å². The number of amides is 4. The number of nitrogens with one attached hydrogen (secondary N) is 1. The van der Waals surface area contributed by atoms with Gasteiger partial charge in [0.2, 0.25) is 0 Å². The van der Waals surface area contributed by atoms with Crippen molar-refractivity contribution in [3.63, 3.8) is 0 Å². The van der Waals surface area contributed by atoms with Crippen LogP contribution in [-0.4, -0.2) is 24.5 Å². The number of halogens is 1. The van der Waals surface area contributed by atoms with Crippen LogP contribution in [0.3, 0.4) is 0 Å². The predicted octanol–water partition coefficient (Wildman–Crippen LogP) is 3.44. The number of ether oxygens (including phenoxy) is 1. The summed E-state index contributed by atoms with van der Waals surface area (Å²) in [5, 5.41) is 2.20. The van der Waals surface area contributed by atoms with E-state index in [2.05, 4.69) is 27.2 Å². The number of urea groups is 1. The lowest BCUT2D eigenvalue weighted by molar-refractivity contribution is -0.122. The Morgan fingerprint density at radius 1 is 1.18 bits per heavy atom. The molecule has 28 heavy (non-hydrogen) atoms. The number of carbonyl (C=O) groups is 3. The van der Waals surface area contributed by atoms with Crippen molar-refractivity contribution in [2.75, 3.05) is 11.5 Å². The van der Waals surface area contributed by atoms with E-state index in [0.717, 1.165) is 10.5 Å².